The quantitative estimate of drug-likeness (QED) is 0.390. The topological polar surface area (TPSA) is 26.3 Å². The van der Waals surface area contributed by atoms with E-state index in [2.05, 4.69) is 29.5 Å². The predicted molar refractivity (Wildman–Crippen MR) is 58.8 cm³/mol. The minimum atomic E-state index is 0.00787. The average Bonchev–Trinajstić information content (AvgIpc) is 2.29. The van der Waals surface area contributed by atoms with Gasteiger partial charge < -0.3 is 4.74 Å². The molecule has 0 N–H and O–H groups in total. The maximum absolute atomic E-state index is 11.4. The number of rotatable bonds is 0. The molecule has 4 atom stereocenters. The summed E-state index contributed by atoms with van der Waals surface area (Å²) in [5.74, 6) is 0.810. The summed E-state index contributed by atoms with van der Waals surface area (Å²) < 4.78 is 5.50. The Labute approximate surface area is 92.5 Å². The molecule has 2 rings (SSSR count). The summed E-state index contributed by atoms with van der Waals surface area (Å²) in [5, 5.41) is 0. The van der Waals surface area contributed by atoms with Crippen LogP contribution in [0.1, 0.15) is 33.1 Å². The number of hydrogen-bond acceptors (Lipinski definition) is 2. The summed E-state index contributed by atoms with van der Waals surface area (Å²) in [5.41, 5.74) is 0. The average molecular weight is 294 g/mol. The van der Waals surface area contributed by atoms with Crippen LogP contribution in [-0.2, 0) is 9.53 Å². The van der Waals surface area contributed by atoms with Gasteiger partial charge in [0, 0.05) is 0 Å². The molecule has 1 heterocycles. The number of esters is 1. The Balaban J connectivity index is 2.22. The summed E-state index contributed by atoms with van der Waals surface area (Å²) in [6.07, 6.45) is 3.60. The Morgan fingerprint density at radius 3 is 2.92 bits per heavy atom. The third-order valence-corrected chi connectivity index (χ3v) is 5.67. The molecule has 0 spiro atoms. The van der Waals surface area contributed by atoms with Crippen LogP contribution in [0.2, 0.25) is 0 Å². The summed E-state index contributed by atoms with van der Waals surface area (Å²) in [6, 6.07) is 0. The van der Waals surface area contributed by atoms with Crippen molar-refractivity contribution in [3.63, 3.8) is 0 Å². The molecule has 0 aromatic carbocycles. The van der Waals surface area contributed by atoms with Gasteiger partial charge in [-0.3, -0.25) is 4.79 Å². The molecule has 1 saturated carbocycles. The number of carbonyl (C=O) groups is 1. The molecule has 74 valence electrons. The van der Waals surface area contributed by atoms with Gasteiger partial charge in [0.2, 0.25) is 0 Å². The molecule has 0 radical (unpaired) electrons. The van der Waals surface area contributed by atoms with Crippen LogP contribution >= 0.6 is 22.6 Å². The highest BCUT2D eigenvalue weighted by Gasteiger charge is 2.55. The lowest BCUT2D eigenvalue weighted by Gasteiger charge is -2.36. The fourth-order valence-corrected chi connectivity index (χ4v) is 3.33. The number of alkyl halides is 1. The molecule has 0 bridgehead atoms. The second kappa shape index (κ2) is 3.11. The predicted octanol–water partition coefficient (Wildman–Crippen LogP) is 2.54. The molecule has 13 heavy (non-hydrogen) atoms. The van der Waals surface area contributed by atoms with Gasteiger partial charge in [0.15, 0.2) is 0 Å². The first-order valence-corrected chi connectivity index (χ1v) is 6.01. The lowest BCUT2D eigenvalue weighted by Crippen LogP contribution is -2.41. The van der Waals surface area contributed by atoms with E-state index < -0.39 is 0 Å². The van der Waals surface area contributed by atoms with Crippen molar-refractivity contribution in [2.24, 2.45) is 11.8 Å². The summed E-state index contributed by atoms with van der Waals surface area (Å²) in [4.78, 5) is 11.4. The van der Waals surface area contributed by atoms with Gasteiger partial charge in [0.25, 0.3) is 0 Å². The summed E-state index contributed by atoms with van der Waals surface area (Å²) in [6.45, 7) is 4.25. The zero-order valence-electron chi connectivity index (χ0n) is 8.05. The van der Waals surface area contributed by atoms with Crippen molar-refractivity contribution in [2.45, 2.75) is 42.6 Å². The van der Waals surface area contributed by atoms with E-state index in [9.17, 15) is 4.79 Å². The van der Waals surface area contributed by atoms with E-state index >= 15 is 0 Å². The van der Waals surface area contributed by atoms with Gasteiger partial charge in [-0.2, -0.15) is 0 Å². The fourth-order valence-electron chi connectivity index (χ4n) is 2.39. The summed E-state index contributed by atoms with van der Waals surface area (Å²) >= 11 is 2.45. The zero-order chi connectivity index (χ0) is 9.64. The highest BCUT2D eigenvalue weighted by atomic mass is 127. The molecule has 0 amide bonds. The van der Waals surface area contributed by atoms with Crippen LogP contribution in [-0.4, -0.2) is 15.5 Å². The Morgan fingerprint density at radius 2 is 2.23 bits per heavy atom. The van der Waals surface area contributed by atoms with Crippen molar-refractivity contribution in [3.05, 3.63) is 0 Å². The highest BCUT2D eigenvalue weighted by molar-refractivity contribution is 14.1. The normalized spacial score (nSPS) is 50.1. The van der Waals surface area contributed by atoms with Crippen molar-refractivity contribution in [1.82, 2.24) is 0 Å². The lowest BCUT2D eigenvalue weighted by atomic mass is 9.77. The fraction of sp³-hybridized carbons (Fsp3) is 0.900. The molecule has 0 aromatic rings. The third kappa shape index (κ3) is 1.39. The first kappa shape index (κ1) is 9.74. The van der Waals surface area contributed by atoms with Crippen LogP contribution in [0.3, 0.4) is 0 Å². The molecular formula is C10H15IO2. The van der Waals surface area contributed by atoms with E-state index in [1.807, 2.05) is 6.92 Å². The van der Waals surface area contributed by atoms with Crippen LogP contribution < -0.4 is 0 Å². The van der Waals surface area contributed by atoms with Crippen LogP contribution in [0, 0.1) is 11.8 Å². The standard InChI is InChI=1S/C10H15IO2/c1-6-3-4-10(11)7(2)9(12)13-8(10)5-6/h6-8H,3-5H2,1-2H3. The van der Waals surface area contributed by atoms with Gasteiger partial charge in [0.1, 0.15) is 6.10 Å². The van der Waals surface area contributed by atoms with Crippen LogP contribution in [0.15, 0.2) is 0 Å². The second-order valence-corrected chi connectivity index (χ2v) is 6.46. The smallest absolute Gasteiger partial charge is 0.310 e. The second-order valence-electron chi connectivity index (χ2n) is 4.45. The van der Waals surface area contributed by atoms with Gasteiger partial charge in [-0.05, 0) is 25.2 Å². The number of ether oxygens (including phenoxy) is 1. The Morgan fingerprint density at radius 1 is 1.54 bits per heavy atom. The molecule has 1 aliphatic heterocycles. The molecule has 3 heteroatoms. The first-order chi connectivity index (χ1) is 6.04. The van der Waals surface area contributed by atoms with Crippen LogP contribution in [0.25, 0.3) is 0 Å². The van der Waals surface area contributed by atoms with Crippen molar-refractivity contribution in [2.75, 3.05) is 0 Å². The number of hydrogen-bond donors (Lipinski definition) is 0. The van der Waals surface area contributed by atoms with Crippen LogP contribution in [0.4, 0.5) is 0 Å². The summed E-state index contributed by atoms with van der Waals surface area (Å²) in [7, 11) is 0. The Hall–Kier alpha value is 0.200. The van der Waals surface area contributed by atoms with Crippen LogP contribution in [0.5, 0.6) is 0 Å². The maximum atomic E-state index is 11.4. The first-order valence-electron chi connectivity index (χ1n) is 4.93. The van der Waals surface area contributed by atoms with E-state index in [1.54, 1.807) is 0 Å². The van der Waals surface area contributed by atoms with Gasteiger partial charge in [0.05, 0.1) is 9.34 Å². The Bertz CT molecular complexity index is 241. The van der Waals surface area contributed by atoms with Gasteiger partial charge in [-0.1, -0.05) is 36.4 Å². The highest BCUT2D eigenvalue weighted by Crippen LogP contribution is 2.50. The molecule has 4 unspecified atom stereocenters. The number of carbonyl (C=O) groups excluding carboxylic acids is 1. The Kier molecular flexibility index (Phi) is 2.33. The molecular weight excluding hydrogens is 279 g/mol. The van der Waals surface area contributed by atoms with E-state index in [1.165, 1.54) is 6.42 Å². The molecule has 2 aliphatic rings. The largest absolute Gasteiger partial charge is 0.461 e. The van der Waals surface area contributed by atoms with E-state index in [0.717, 1.165) is 12.8 Å². The van der Waals surface area contributed by atoms with Crippen molar-refractivity contribution < 1.29 is 9.53 Å². The van der Waals surface area contributed by atoms with Crippen molar-refractivity contribution in [3.8, 4) is 0 Å². The molecule has 1 saturated heterocycles. The van der Waals surface area contributed by atoms with Crippen molar-refractivity contribution >= 4 is 28.6 Å². The minimum Gasteiger partial charge on any atom is -0.461 e. The molecule has 2 nitrogen and oxygen atoms in total. The minimum absolute atomic E-state index is 0.00787. The number of fused-ring (bicyclic) bond motifs is 1. The lowest BCUT2D eigenvalue weighted by molar-refractivity contribution is -0.144. The third-order valence-electron chi connectivity index (χ3n) is 3.50. The van der Waals surface area contributed by atoms with Crippen molar-refractivity contribution in [1.29, 1.82) is 0 Å². The molecule has 2 fully saturated rings. The van der Waals surface area contributed by atoms with Gasteiger partial charge in [-0.15, -0.1) is 0 Å². The van der Waals surface area contributed by atoms with E-state index in [0.29, 0.717) is 5.92 Å². The number of halogens is 1. The monoisotopic (exact) mass is 294 g/mol. The molecule has 1 aliphatic carbocycles. The molecule has 0 aromatic heterocycles. The van der Waals surface area contributed by atoms with E-state index in [4.69, 9.17) is 4.74 Å². The van der Waals surface area contributed by atoms with Gasteiger partial charge in [-0.25, -0.2) is 0 Å². The maximum Gasteiger partial charge on any atom is 0.310 e. The van der Waals surface area contributed by atoms with Gasteiger partial charge >= 0.3 is 5.97 Å². The SMILES string of the molecule is CC1CCC2(I)C(C1)OC(=O)C2C. The zero-order valence-corrected chi connectivity index (χ0v) is 10.2. The van der Waals surface area contributed by atoms with E-state index in [-0.39, 0.29) is 21.4 Å².